The first kappa shape index (κ1) is 12.4. The highest BCUT2D eigenvalue weighted by Gasteiger charge is 2.24. The molecule has 0 aromatic heterocycles. The molecule has 1 rings (SSSR count). The van der Waals surface area contributed by atoms with Crippen LogP contribution in [0.2, 0.25) is 0 Å². The Labute approximate surface area is 90.9 Å². The molecular formula is C10H21N3O2. The standard InChI is InChI=1S/C10H21N3O2/c1-2-15-6-3-10(14)13-5-4-12-8-9(13)7-11/h9,12H,2-8,11H2,1H3. The number of rotatable bonds is 5. The smallest absolute Gasteiger partial charge is 0.225 e. The molecule has 0 spiro atoms. The molecule has 5 heteroatoms. The molecule has 1 heterocycles. The number of carbonyl (C=O) groups is 1. The molecule has 1 unspecified atom stereocenters. The number of hydrogen-bond donors (Lipinski definition) is 2. The van der Waals surface area contributed by atoms with Gasteiger partial charge in [-0.2, -0.15) is 0 Å². The number of amides is 1. The number of nitrogens with zero attached hydrogens (tertiary/aromatic N) is 1. The van der Waals surface area contributed by atoms with Gasteiger partial charge in [0.2, 0.25) is 5.91 Å². The minimum absolute atomic E-state index is 0.146. The average Bonchev–Trinajstić information content (AvgIpc) is 2.29. The predicted molar refractivity (Wildman–Crippen MR) is 58.5 cm³/mol. The molecule has 5 nitrogen and oxygen atoms in total. The van der Waals surface area contributed by atoms with E-state index in [1.807, 2.05) is 11.8 Å². The quantitative estimate of drug-likeness (QED) is 0.588. The normalized spacial score (nSPS) is 21.7. The van der Waals surface area contributed by atoms with Gasteiger partial charge in [-0.1, -0.05) is 0 Å². The number of piperazine rings is 1. The highest BCUT2D eigenvalue weighted by Crippen LogP contribution is 2.04. The second-order valence-corrected chi connectivity index (χ2v) is 3.63. The number of carbonyl (C=O) groups excluding carboxylic acids is 1. The van der Waals surface area contributed by atoms with E-state index in [9.17, 15) is 4.79 Å². The molecule has 1 saturated heterocycles. The topological polar surface area (TPSA) is 67.6 Å². The SMILES string of the molecule is CCOCCC(=O)N1CCNCC1CN. The molecule has 1 fully saturated rings. The van der Waals surface area contributed by atoms with Crippen LogP contribution in [0.15, 0.2) is 0 Å². The zero-order chi connectivity index (χ0) is 11.1. The van der Waals surface area contributed by atoms with Gasteiger partial charge in [-0.05, 0) is 6.92 Å². The summed E-state index contributed by atoms with van der Waals surface area (Å²) in [5.41, 5.74) is 5.62. The van der Waals surface area contributed by atoms with Crippen molar-refractivity contribution in [3.8, 4) is 0 Å². The number of nitrogens with two attached hydrogens (primary N) is 1. The van der Waals surface area contributed by atoms with E-state index >= 15 is 0 Å². The van der Waals surface area contributed by atoms with Crippen molar-refractivity contribution >= 4 is 5.91 Å². The maximum Gasteiger partial charge on any atom is 0.225 e. The van der Waals surface area contributed by atoms with Crippen molar-refractivity contribution in [2.45, 2.75) is 19.4 Å². The third-order valence-electron chi connectivity index (χ3n) is 2.61. The fourth-order valence-corrected chi connectivity index (χ4v) is 1.75. The largest absolute Gasteiger partial charge is 0.381 e. The Balaban J connectivity index is 2.34. The van der Waals surface area contributed by atoms with Gasteiger partial charge in [-0.25, -0.2) is 0 Å². The Hall–Kier alpha value is -0.650. The highest BCUT2D eigenvalue weighted by atomic mass is 16.5. The fraction of sp³-hybridized carbons (Fsp3) is 0.900. The first-order chi connectivity index (χ1) is 7.29. The van der Waals surface area contributed by atoms with Crippen LogP contribution in [0.1, 0.15) is 13.3 Å². The van der Waals surface area contributed by atoms with E-state index in [2.05, 4.69) is 5.32 Å². The molecule has 1 aliphatic heterocycles. The first-order valence-electron chi connectivity index (χ1n) is 5.57. The Morgan fingerprint density at radius 3 is 3.13 bits per heavy atom. The van der Waals surface area contributed by atoms with Crippen LogP contribution in [0.4, 0.5) is 0 Å². The van der Waals surface area contributed by atoms with Crippen molar-refractivity contribution < 1.29 is 9.53 Å². The number of hydrogen-bond acceptors (Lipinski definition) is 4. The zero-order valence-electron chi connectivity index (χ0n) is 9.37. The third-order valence-corrected chi connectivity index (χ3v) is 2.61. The lowest BCUT2D eigenvalue weighted by Gasteiger charge is -2.35. The summed E-state index contributed by atoms with van der Waals surface area (Å²) in [6.07, 6.45) is 0.463. The molecule has 0 aromatic rings. The van der Waals surface area contributed by atoms with Crippen molar-refractivity contribution in [2.75, 3.05) is 39.4 Å². The molecule has 0 aliphatic carbocycles. The van der Waals surface area contributed by atoms with Crippen LogP contribution in [-0.2, 0) is 9.53 Å². The molecule has 1 atom stereocenters. The van der Waals surface area contributed by atoms with Crippen LogP contribution in [0.5, 0.6) is 0 Å². The predicted octanol–water partition coefficient (Wildman–Crippen LogP) is -0.828. The number of nitrogens with one attached hydrogen (secondary N) is 1. The van der Waals surface area contributed by atoms with Crippen molar-refractivity contribution in [2.24, 2.45) is 5.73 Å². The van der Waals surface area contributed by atoms with Crippen LogP contribution >= 0.6 is 0 Å². The lowest BCUT2D eigenvalue weighted by Crippen LogP contribution is -2.56. The van der Waals surface area contributed by atoms with Crippen molar-refractivity contribution in [3.63, 3.8) is 0 Å². The fourth-order valence-electron chi connectivity index (χ4n) is 1.75. The summed E-state index contributed by atoms with van der Waals surface area (Å²) in [4.78, 5) is 13.7. The van der Waals surface area contributed by atoms with Gasteiger partial charge < -0.3 is 20.7 Å². The van der Waals surface area contributed by atoms with Gasteiger partial charge in [-0.15, -0.1) is 0 Å². The van der Waals surface area contributed by atoms with E-state index < -0.39 is 0 Å². The second kappa shape index (κ2) is 6.76. The van der Waals surface area contributed by atoms with Crippen molar-refractivity contribution in [3.05, 3.63) is 0 Å². The summed E-state index contributed by atoms with van der Waals surface area (Å²) in [7, 11) is 0. The molecule has 88 valence electrons. The summed E-state index contributed by atoms with van der Waals surface area (Å²) in [6.45, 7) is 6.04. The Kier molecular flexibility index (Phi) is 5.60. The van der Waals surface area contributed by atoms with Crippen LogP contribution < -0.4 is 11.1 Å². The first-order valence-corrected chi connectivity index (χ1v) is 5.57. The van der Waals surface area contributed by atoms with Gasteiger partial charge in [0.25, 0.3) is 0 Å². The Morgan fingerprint density at radius 1 is 1.67 bits per heavy atom. The Morgan fingerprint density at radius 2 is 2.47 bits per heavy atom. The molecule has 1 aliphatic rings. The van der Waals surface area contributed by atoms with Crippen molar-refractivity contribution in [1.29, 1.82) is 0 Å². The van der Waals surface area contributed by atoms with E-state index in [1.165, 1.54) is 0 Å². The third kappa shape index (κ3) is 3.77. The Bertz CT molecular complexity index is 199. The lowest BCUT2D eigenvalue weighted by atomic mass is 10.2. The summed E-state index contributed by atoms with van der Waals surface area (Å²) in [5, 5.41) is 3.23. The zero-order valence-corrected chi connectivity index (χ0v) is 9.37. The van der Waals surface area contributed by atoms with E-state index in [0.29, 0.717) is 26.2 Å². The van der Waals surface area contributed by atoms with E-state index in [4.69, 9.17) is 10.5 Å². The summed E-state index contributed by atoms with van der Waals surface area (Å²) in [5.74, 6) is 0.153. The van der Waals surface area contributed by atoms with Gasteiger partial charge in [-0.3, -0.25) is 4.79 Å². The molecule has 0 aromatic carbocycles. The average molecular weight is 215 g/mol. The molecule has 0 saturated carbocycles. The minimum atomic E-state index is 0.146. The maximum absolute atomic E-state index is 11.8. The van der Waals surface area contributed by atoms with Gasteiger partial charge >= 0.3 is 0 Å². The van der Waals surface area contributed by atoms with Gasteiger partial charge in [0.05, 0.1) is 19.1 Å². The van der Waals surface area contributed by atoms with E-state index in [-0.39, 0.29) is 11.9 Å². The highest BCUT2D eigenvalue weighted by molar-refractivity contribution is 5.76. The lowest BCUT2D eigenvalue weighted by molar-refractivity contribution is -0.135. The molecule has 3 N–H and O–H groups in total. The molecule has 15 heavy (non-hydrogen) atoms. The van der Waals surface area contributed by atoms with E-state index in [1.54, 1.807) is 0 Å². The monoisotopic (exact) mass is 215 g/mol. The van der Waals surface area contributed by atoms with E-state index in [0.717, 1.165) is 19.6 Å². The molecule has 1 amide bonds. The summed E-state index contributed by atoms with van der Waals surface area (Å²) in [6, 6.07) is 0.146. The van der Waals surface area contributed by atoms with Crippen LogP contribution in [0.25, 0.3) is 0 Å². The molecule has 0 bridgehead atoms. The second-order valence-electron chi connectivity index (χ2n) is 3.63. The van der Waals surface area contributed by atoms with Crippen molar-refractivity contribution in [1.82, 2.24) is 10.2 Å². The minimum Gasteiger partial charge on any atom is -0.381 e. The van der Waals surface area contributed by atoms with Gasteiger partial charge in [0.1, 0.15) is 0 Å². The summed E-state index contributed by atoms with van der Waals surface area (Å²) >= 11 is 0. The van der Waals surface area contributed by atoms with Gasteiger partial charge in [0.15, 0.2) is 0 Å². The number of ether oxygens (including phenoxy) is 1. The maximum atomic E-state index is 11.8. The van der Waals surface area contributed by atoms with Crippen LogP contribution in [0, 0.1) is 0 Å². The molecular weight excluding hydrogens is 194 g/mol. The summed E-state index contributed by atoms with van der Waals surface area (Å²) < 4.78 is 5.17. The van der Waals surface area contributed by atoms with Gasteiger partial charge in [0, 0.05) is 32.8 Å². The molecule has 0 radical (unpaired) electrons. The van der Waals surface area contributed by atoms with Crippen LogP contribution in [-0.4, -0.2) is 56.2 Å². The van der Waals surface area contributed by atoms with Crippen LogP contribution in [0.3, 0.4) is 0 Å².